The van der Waals surface area contributed by atoms with Crippen LogP contribution in [0.2, 0.25) is 0 Å². The van der Waals surface area contributed by atoms with Crippen molar-refractivity contribution in [3.8, 4) is 0 Å². The predicted octanol–water partition coefficient (Wildman–Crippen LogP) is 3.10. The maximum absolute atomic E-state index is 12.7. The lowest BCUT2D eigenvalue weighted by atomic mass is 10.1. The first-order valence-electron chi connectivity index (χ1n) is 7.71. The second-order valence-corrected chi connectivity index (χ2v) is 7.05. The van der Waals surface area contributed by atoms with E-state index in [1.165, 1.54) is 7.11 Å². The average Bonchev–Trinajstić information content (AvgIpc) is 2.53. The van der Waals surface area contributed by atoms with Crippen LogP contribution < -0.4 is 5.32 Å². The van der Waals surface area contributed by atoms with E-state index in [4.69, 9.17) is 9.05 Å². The van der Waals surface area contributed by atoms with E-state index in [0.29, 0.717) is 19.8 Å². The highest BCUT2D eigenvalue weighted by molar-refractivity contribution is 7.53. The molecule has 0 aliphatic rings. The van der Waals surface area contributed by atoms with Crippen molar-refractivity contribution in [1.82, 2.24) is 5.32 Å². The van der Waals surface area contributed by atoms with E-state index in [1.807, 2.05) is 24.3 Å². The molecule has 0 aliphatic heterocycles. The quantitative estimate of drug-likeness (QED) is 0.520. The van der Waals surface area contributed by atoms with Gasteiger partial charge in [-0.05, 0) is 31.9 Å². The summed E-state index contributed by atoms with van der Waals surface area (Å²) in [4.78, 5) is 11.4. The van der Waals surface area contributed by atoms with Gasteiger partial charge in [0.05, 0.1) is 26.5 Å². The highest BCUT2D eigenvalue weighted by Gasteiger charge is 2.25. The Balaban J connectivity index is 2.84. The minimum absolute atomic E-state index is 0.207. The molecule has 7 heteroatoms. The van der Waals surface area contributed by atoms with Gasteiger partial charge in [-0.25, -0.2) is 0 Å². The van der Waals surface area contributed by atoms with Gasteiger partial charge in [0.25, 0.3) is 0 Å². The van der Waals surface area contributed by atoms with Crippen molar-refractivity contribution in [1.29, 1.82) is 0 Å². The maximum Gasteiger partial charge on any atom is 0.335 e. The van der Waals surface area contributed by atoms with Crippen molar-refractivity contribution < 1.29 is 23.1 Å². The molecule has 0 spiro atoms. The van der Waals surface area contributed by atoms with Crippen molar-refractivity contribution in [3.05, 3.63) is 35.4 Å². The normalized spacial score (nSPS) is 12.9. The molecule has 6 nitrogen and oxygen atoms in total. The first kappa shape index (κ1) is 19.8. The topological polar surface area (TPSA) is 73.9 Å². The number of esters is 1. The van der Waals surface area contributed by atoms with Gasteiger partial charge in [0.2, 0.25) is 0 Å². The van der Waals surface area contributed by atoms with Gasteiger partial charge in [0, 0.05) is 6.54 Å². The van der Waals surface area contributed by atoms with Crippen LogP contribution in [-0.4, -0.2) is 32.3 Å². The molecule has 0 radical (unpaired) electrons. The second kappa shape index (κ2) is 9.83. The van der Waals surface area contributed by atoms with Crippen LogP contribution in [0.25, 0.3) is 0 Å². The first-order chi connectivity index (χ1) is 11.0. The smallest absolute Gasteiger partial charge is 0.335 e. The van der Waals surface area contributed by atoms with Crippen LogP contribution in [-0.2, 0) is 35.9 Å². The van der Waals surface area contributed by atoms with Crippen molar-refractivity contribution in [2.45, 2.75) is 39.5 Å². The Kier molecular flexibility index (Phi) is 8.48. The van der Waals surface area contributed by atoms with Crippen LogP contribution in [0, 0.1) is 0 Å². The number of nitrogens with one attached hydrogen (secondary N) is 1. The van der Waals surface area contributed by atoms with Gasteiger partial charge >= 0.3 is 13.6 Å². The van der Waals surface area contributed by atoms with Gasteiger partial charge in [-0.2, -0.15) is 0 Å². The summed E-state index contributed by atoms with van der Waals surface area (Å²) in [5.74, 6) is -0.322. The van der Waals surface area contributed by atoms with Crippen molar-refractivity contribution in [2.24, 2.45) is 0 Å². The molecular weight excluding hydrogens is 317 g/mol. The molecule has 0 aliphatic carbocycles. The number of ether oxygens (including phenoxy) is 1. The number of methoxy groups -OCH3 is 1. The minimum Gasteiger partial charge on any atom is -0.468 e. The van der Waals surface area contributed by atoms with Crippen molar-refractivity contribution in [3.63, 3.8) is 0 Å². The fraction of sp³-hybridized carbons (Fsp3) is 0.562. The molecule has 0 fully saturated rings. The summed E-state index contributed by atoms with van der Waals surface area (Å²) in [5.41, 5.74) is 1.82. The van der Waals surface area contributed by atoms with Gasteiger partial charge in [-0.1, -0.05) is 24.3 Å². The SMILES string of the molecule is CCOP(=O)(Cc1ccccc1CNC(C)C(=O)OC)OCC. The van der Waals surface area contributed by atoms with Gasteiger partial charge in [0.15, 0.2) is 0 Å². The van der Waals surface area contributed by atoms with Crippen LogP contribution in [0.4, 0.5) is 0 Å². The molecule has 0 heterocycles. The molecule has 1 rings (SSSR count). The summed E-state index contributed by atoms with van der Waals surface area (Å²) < 4.78 is 28.1. The number of carbonyl (C=O) groups is 1. The van der Waals surface area contributed by atoms with E-state index < -0.39 is 13.6 Å². The lowest BCUT2D eigenvalue weighted by Crippen LogP contribution is -2.34. The third-order valence-corrected chi connectivity index (χ3v) is 5.32. The van der Waals surface area contributed by atoms with Gasteiger partial charge < -0.3 is 19.1 Å². The second-order valence-electron chi connectivity index (χ2n) is 5.00. The molecular formula is C16H26NO5P. The molecule has 1 aromatic rings. The highest BCUT2D eigenvalue weighted by Crippen LogP contribution is 2.51. The van der Waals surface area contributed by atoms with E-state index in [-0.39, 0.29) is 12.1 Å². The molecule has 1 N–H and O–H groups in total. The fourth-order valence-electron chi connectivity index (χ4n) is 2.14. The van der Waals surface area contributed by atoms with E-state index in [2.05, 4.69) is 10.1 Å². The molecule has 0 amide bonds. The van der Waals surface area contributed by atoms with Gasteiger partial charge in [-0.15, -0.1) is 0 Å². The third kappa shape index (κ3) is 6.43. The molecule has 1 atom stereocenters. The Hall–Kier alpha value is -1.20. The Morgan fingerprint density at radius 2 is 1.74 bits per heavy atom. The van der Waals surface area contributed by atoms with Crippen molar-refractivity contribution in [2.75, 3.05) is 20.3 Å². The molecule has 130 valence electrons. The number of carbonyl (C=O) groups excluding carboxylic acids is 1. The highest BCUT2D eigenvalue weighted by atomic mass is 31.2. The zero-order valence-electron chi connectivity index (χ0n) is 14.2. The van der Waals surface area contributed by atoms with E-state index in [1.54, 1.807) is 20.8 Å². The molecule has 1 unspecified atom stereocenters. The Morgan fingerprint density at radius 1 is 1.17 bits per heavy atom. The molecule has 0 aromatic heterocycles. The third-order valence-electron chi connectivity index (χ3n) is 3.29. The Morgan fingerprint density at radius 3 is 2.26 bits per heavy atom. The minimum atomic E-state index is -3.16. The summed E-state index contributed by atoms with van der Waals surface area (Å²) in [7, 11) is -1.80. The van der Waals surface area contributed by atoms with Crippen LogP contribution in [0.3, 0.4) is 0 Å². The van der Waals surface area contributed by atoms with Gasteiger partial charge in [-0.3, -0.25) is 9.36 Å². The zero-order valence-corrected chi connectivity index (χ0v) is 15.1. The molecule has 1 aromatic carbocycles. The molecule has 23 heavy (non-hydrogen) atoms. The maximum atomic E-state index is 12.7. The average molecular weight is 343 g/mol. The monoisotopic (exact) mass is 343 g/mol. The Labute approximate surface area is 138 Å². The standard InChI is InChI=1S/C16H26NO5P/c1-5-21-23(19,22-6-2)12-15-10-8-7-9-14(15)11-17-13(3)16(18)20-4/h7-10,13,17H,5-6,11-12H2,1-4H3. The summed E-state index contributed by atoms with van der Waals surface area (Å²) in [6.07, 6.45) is 0.207. The lowest BCUT2D eigenvalue weighted by molar-refractivity contribution is -0.142. The summed E-state index contributed by atoms with van der Waals surface area (Å²) in [6, 6.07) is 7.18. The summed E-state index contributed by atoms with van der Waals surface area (Å²) >= 11 is 0. The summed E-state index contributed by atoms with van der Waals surface area (Å²) in [6.45, 7) is 6.44. The first-order valence-corrected chi connectivity index (χ1v) is 9.44. The number of rotatable bonds is 10. The lowest BCUT2D eigenvalue weighted by Gasteiger charge is -2.19. The zero-order chi connectivity index (χ0) is 17.3. The molecule has 0 saturated carbocycles. The van der Waals surface area contributed by atoms with Crippen LogP contribution in [0.15, 0.2) is 24.3 Å². The number of hydrogen-bond acceptors (Lipinski definition) is 6. The largest absolute Gasteiger partial charge is 0.468 e. The summed E-state index contributed by atoms with van der Waals surface area (Å²) in [5, 5.41) is 3.09. The number of hydrogen-bond donors (Lipinski definition) is 1. The fourth-order valence-corrected chi connectivity index (χ4v) is 3.91. The van der Waals surface area contributed by atoms with E-state index >= 15 is 0 Å². The predicted molar refractivity (Wildman–Crippen MR) is 89.3 cm³/mol. The number of benzene rings is 1. The van der Waals surface area contributed by atoms with Crippen LogP contribution in [0.1, 0.15) is 31.9 Å². The Bertz CT molecular complexity index is 539. The van der Waals surface area contributed by atoms with Crippen LogP contribution >= 0.6 is 7.60 Å². The molecule has 0 bridgehead atoms. The van der Waals surface area contributed by atoms with Crippen LogP contribution in [0.5, 0.6) is 0 Å². The van der Waals surface area contributed by atoms with E-state index in [0.717, 1.165) is 11.1 Å². The van der Waals surface area contributed by atoms with Gasteiger partial charge in [0.1, 0.15) is 6.04 Å². The van der Waals surface area contributed by atoms with Crippen molar-refractivity contribution >= 4 is 13.6 Å². The molecule has 0 saturated heterocycles. The van der Waals surface area contributed by atoms with E-state index in [9.17, 15) is 9.36 Å².